The summed E-state index contributed by atoms with van der Waals surface area (Å²) in [6, 6.07) is 22.8. The van der Waals surface area contributed by atoms with E-state index in [1.165, 1.54) is 6.08 Å². The second-order valence-electron chi connectivity index (χ2n) is 8.76. The molecule has 0 unspecified atom stereocenters. The smallest absolute Gasteiger partial charge is 0.344 e. The van der Waals surface area contributed by atoms with E-state index in [0.29, 0.717) is 5.75 Å². The third kappa shape index (κ3) is 6.44. The van der Waals surface area contributed by atoms with Crippen LogP contribution < -0.4 is 4.74 Å². The van der Waals surface area contributed by atoms with Gasteiger partial charge in [-0.15, -0.1) is 0 Å². The van der Waals surface area contributed by atoms with Crippen LogP contribution in [0.3, 0.4) is 0 Å². The highest BCUT2D eigenvalue weighted by molar-refractivity contribution is 5.80. The fraction of sp³-hybridized carbons (Fsp3) is 0.233. The van der Waals surface area contributed by atoms with Gasteiger partial charge in [0.2, 0.25) is 0 Å². The van der Waals surface area contributed by atoms with Crippen LogP contribution in [-0.4, -0.2) is 42.8 Å². The van der Waals surface area contributed by atoms with Crippen LogP contribution in [0.25, 0.3) is 11.1 Å². The fourth-order valence-corrected chi connectivity index (χ4v) is 4.46. The van der Waals surface area contributed by atoms with Crippen molar-refractivity contribution in [3.63, 3.8) is 0 Å². The summed E-state index contributed by atoms with van der Waals surface area (Å²) >= 11 is 0. The van der Waals surface area contributed by atoms with E-state index in [1.54, 1.807) is 24.3 Å². The molecule has 0 fully saturated rings. The van der Waals surface area contributed by atoms with Gasteiger partial charge in [-0.25, -0.2) is 4.79 Å². The predicted molar refractivity (Wildman–Crippen MR) is 137 cm³/mol. The van der Waals surface area contributed by atoms with Crippen molar-refractivity contribution < 1.29 is 33.7 Å². The summed E-state index contributed by atoms with van der Waals surface area (Å²) in [6.45, 7) is 3.49. The Morgan fingerprint density at radius 1 is 0.865 bits per heavy atom. The van der Waals surface area contributed by atoms with Crippen molar-refractivity contribution in [2.45, 2.75) is 18.8 Å². The van der Waals surface area contributed by atoms with Gasteiger partial charge < -0.3 is 19.3 Å². The lowest BCUT2D eigenvalue weighted by atomic mass is 9.96. The van der Waals surface area contributed by atoms with E-state index < -0.39 is 23.8 Å². The number of ether oxygens (including phenoxy) is 3. The quantitative estimate of drug-likeness (QED) is 0.282. The van der Waals surface area contributed by atoms with Crippen LogP contribution in [0.4, 0.5) is 0 Å². The van der Waals surface area contributed by atoms with E-state index in [9.17, 15) is 19.5 Å². The maximum Gasteiger partial charge on any atom is 0.344 e. The van der Waals surface area contributed by atoms with Gasteiger partial charge in [0.25, 0.3) is 0 Å². The van der Waals surface area contributed by atoms with Gasteiger partial charge in [0, 0.05) is 5.92 Å². The van der Waals surface area contributed by atoms with Gasteiger partial charge in [-0.05, 0) is 46.4 Å². The summed E-state index contributed by atoms with van der Waals surface area (Å²) in [6.07, 6.45) is 1.38. The van der Waals surface area contributed by atoms with E-state index in [-0.39, 0.29) is 38.6 Å². The van der Waals surface area contributed by atoms with E-state index in [0.717, 1.165) is 27.8 Å². The average molecular weight is 501 g/mol. The maximum absolute atomic E-state index is 12.7. The lowest BCUT2D eigenvalue weighted by Crippen LogP contribution is -2.22. The molecule has 1 aliphatic rings. The Kier molecular flexibility index (Phi) is 8.36. The Balaban J connectivity index is 1.32. The molecule has 0 aliphatic heterocycles. The molecule has 190 valence electrons. The van der Waals surface area contributed by atoms with Crippen molar-refractivity contribution in [3.8, 4) is 16.9 Å². The Labute approximate surface area is 215 Å². The minimum Gasteiger partial charge on any atom is -0.482 e. The molecule has 3 aromatic rings. The first-order valence-electron chi connectivity index (χ1n) is 12.0. The zero-order chi connectivity index (χ0) is 26.2. The minimum atomic E-state index is -1.07. The molecule has 3 aromatic carbocycles. The molecule has 4 rings (SSSR count). The van der Waals surface area contributed by atoms with Crippen molar-refractivity contribution in [3.05, 3.63) is 102 Å². The number of carboxylic acids is 1. The average Bonchev–Trinajstić information content (AvgIpc) is 3.23. The predicted octanol–water partition coefficient (Wildman–Crippen LogP) is 4.78. The summed E-state index contributed by atoms with van der Waals surface area (Å²) in [5.41, 5.74) is 5.18. The number of carbonyl (C=O) groups excluding carboxylic acids is 2. The van der Waals surface area contributed by atoms with E-state index in [1.807, 2.05) is 36.4 Å². The first-order chi connectivity index (χ1) is 18.0. The molecule has 0 bridgehead atoms. The normalized spacial score (nSPS) is 12.6. The van der Waals surface area contributed by atoms with Crippen LogP contribution in [0.1, 0.15) is 29.0 Å². The zero-order valence-electron chi connectivity index (χ0n) is 20.3. The Bertz CT molecular complexity index is 1230. The number of fused-ring (bicyclic) bond motifs is 3. The number of carbonyl (C=O) groups is 3. The standard InChI is InChI=1S/C30H28O7/c1-2-15-35-29(32)19-36-22-13-11-20(12-14-22)16-21(30(33)34)17-28(31)37-18-27-25-9-5-3-7-23(25)24-8-4-6-10-26(24)27/h2-14,21,27H,1,15-19H2,(H,33,34)/t21-/m1/s1. The van der Waals surface area contributed by atoms with Crippen molar-refractivity contribution in [1.29, 1.82) is 0 Å². The largest absolute Gasteiger partial charge is 0.482 e. The second-order valence-corrected chi connectivity index (χ2v) is 8.76. The van der Waals surface area contributed by atoms with Crippen LogP contribution in [0.15, 0.2) is 85.5 Å². The zero-order valence-corrected chi connectivity index (χ0v) is 20.3. The van der Waals surface area contributed by atoms with Crippen LogP contribution in [0.2, 0.25) is 0 Å². The van der Waals surface area contributed by atoms with Crippen molar-refractivity contribution in [2.24, 2.45) is 5.92 Å². The summed E-state index contributed by atoms with van der Waals surface area (Å²) in [5, 5.41) is 9.70. The summed E-state index contributed by atoms with van der Waals surface area (Å²) in [5.74, 6) is -2.70. The Morgan fingerprint density at radius 2 is 1.49 bits per heavy atom. The molecule has 1 atom stereocenters. The van der Waals surface area contributed by atoms with Crippen molar-refractivity contribution in [1.82, 2.24) is 0 Å². The topological polar surface area (TPSA) is 99.1 Å². The first kappa shape index (κ1) is 25.7. The van der Waals surface area contributed by atoms with Gasteiger partial charge >= 0.3 is 17.9 Å². The molecule has 37 heavy (non-hydrogen) atoms. The van der Waals surface area contributed by atoms with Gasteiger partial charge in [0.05, 0.1) is 12.3 Å². The number of benzene rings is 3. The molecule has 1 N–H and O–H groups in total. The molecule has 7 nitrogen and oxygen atoms in total. The number of carboxylic acid groups (broad SMARTS) is 1. The molecule has 0 saturated heterocycles. The summed E-state index contributed by atoms with van der Waals surface area (Å²) < 4.78 is 15.8. The van der Waals surface area contributed by atoms with Gasteiger partial charge in [0.1, 0.15) is 19.0 Å². The third-order valence-corrected chi connectivity index (χ3v) is 6.26. The van der Waals surface area contributed by atoms with Gasteiger partial charge in [-0.1, -0.05) is 73.3 Å². The molecule has 0 radical (unpaired) electrons. The summed E-state index contributed by atoms with van der Waals surface area (Å²) in [4.78, 5) is 36.0. The number of hydrogen-bond donors (Lipinski definition) is 1. The summed E-state index contributed by atoms with van der Waals surface area (Å²) in [7, 11) is 0. The Morgan fingerprint density at radius 3 is 2.08 bits per heavy atom. The van der Waals surface area contributed by atoms with E-state index >= 15 is 0 Å². The van der Waals surface area contributed by atoms with Gasteiger partial charge in [-0.3, -0.25) is 9.59 Å². The molecule has 0 spiro atoms. The third-order valence-electron chi connectivity index (χ3n) is 6.26. The van der Waals surface area contributed by atoms with Crippen LogP contribution in [-0.2, 0) is 30.3 Å². The van der Waals surface area contributed by atoms with Gasteiger partial charge in [-0.2, -0.15) is 0 Å². The Hall–Kier alpha value is -4.39. The monoisotopic (exact) mass is 500 g/mol. The number of esters is 2. The van der Waals surface area contributed by atoms with Crippen molar-refractivity contribution >= 4 is 17.9 Å². The highest BCUT2D eigenvalue weighted by Gasteiger charge is 2.30. The lowest BCUT2D eigenvalue weighted by Gasteiger charge is -2.16. The molecular formula is C30H28O7. The molecule has 0 saturated carbocycles. The molecule has 1 aliphatic carbocycles. The lowest BCUT2D eigenvalue weighted by molar-refractivity contribution is -0.151. The number of rotatable bonds is 12. The van der Waals surface area contributed by atoms with Crippen LogP contribution >= 0.6 is 0 Å². The number of hydrogen-bond acceptors (Lipinski definition) is 6. The van der Waals surface area contributed by atoms with E-state index in [2.05, 4.69) is 18.7 Å². The van der Waals surface area contributed by atoms with Crippen LogP contribution in [0.5, 0.6) is 5.75 Å². The molecule has 0 heterocycles. The highest BCUT2D eigenvalue weighted by Crippen LogP contribution is 2.44. The maximum atomic E-state index is 12.7. The van der Waals surface area contributed by atoms with Gasteiger partial charge in [0.15, 0.2) is 6.61 Å². The van der Waals surface area contributed by atoms with E-state index in [4.69, 9.17) is 14.2 Å². The second kappa shape index (κ2) is 12.0. The molecular weight excluding hydrogens is 472 g/mol. The van der Waals surface area contributed by atoms with Crippen LogP contribution in [0, 0.1) is 5.92 Å². The molecule has 0 amide bonds. The SMILES string of the molecule is C=CCOC(=O)COc1ccc(C[C@H](CC(=O)OCC2c3ccccc3-c3ccccc32)C(=O)O)cc1. The highest BCUT2D eigenvalue weighted by atomic mass is 16.6. The first-order valence-corrected chi connectivity index (χ1v) is 12.0. The fourth-order valence-electron chi connectivity index (χ4n) is 4.46. The number of aliphatic carboxylic acids is 1. The van der Waals surface area contributed by atoms with Crippen molar-refractivity contribution in [2.75, 3.05) is 19.8 Å². The molecule has 7 heteroatoms. The molecule has 0 aromatic heterocycles. The minimum absolute atomic E-state index is 0.0822.